The van der Waals surface area contributed by atoms with E-state index in [1.807, 2.05) is 0 Å². The summed E-state index contributed by atoms with van der Waals surface area (Å²) in [6.07, 6.45) is 6.11. The van der Waals surface area contributed by atoms with Gasteiger partial charge in [-0.05, 0) is 43.4 Å². The van der Waals surface area contributed by atoms with E-state index in [4.69, 9.17) is 0 Å². The smallest absolute Gasteiger partial charge is 0.315 e. The zero-order valence-corrected chi connectivity index (χ0v) is 18.5. The van der Waals surface area contributed by atoms with Crippen molar-refractivity contribution in [2.24, 2.45) is 5.92 Å². The normalized spacial score (nSPS) is 22.6. The van der Waals surface area contributed by atoms with Crippen LogP contribution in [0.5, 0.6) is 0 Å². The van der Waals surface area contributed by atoms with Gasteiger partial charge in [-0.3, -0.25) is 9.59 Å². The molecule has 2 atom stereocenters. The lowest BCUT2D eigenvalue weighted by Crippen LogP contribution is -2.49. The number of hydrogen-bond acceptors (Lipinski definition) is 3. The van der Waals surface area contributed by atoms with Crippen LogP contribution in [0.2, 0.25) is 0 Å². The minimum atomic E-state index is -0.705. The van der Waals surface area contributed by atoms with Crippen LogP contribution in [0.15, 0.2) is 18.2 Å². The van der Waals surface area contributed by atoms with Crippen molar-refractivity contribution in [3.8, 4) is 0 Å². The van der Waals surface area contributed by atoms with Crippen molar-refractivity contribution in [1.82, 2.24) is 20.9 Å². The molecule has 1 aliphatic heterocycles. The molecule has 0 spiro atoms. The number of amides is 4. The summed E-state index contributed by atoms with van der Waals surface area (Å²) in [5, 5.41) is 8.67. The van der Waals surface area contributed by atoms with Crippen molar-refractivity contribution in [2.45, 2.75) is 70.0 Å². The van der Waals surface area contributed by atoms with E-state index in [0.717, 1.165) is 31.7 Å². The number of likely N-dealkylation sites (N-methyl/N-ethyl adjacent to an activating group) is 1. The Bertz CT molecular complexity index is 809. The summed E-state index contributed by atoms with van der Waals surface area (Å²) in [7, 11) is 1.67. The lowest BCUT2D eigenvalue weighted by molar-refractivity contribution is -0.135. The van der Waals surface area contributed by atoms with Crippen molar-refractivity contribution in [2.75, 3.05) is 13.6 Å². The highest BCUT2D eigenvalue weighted by atomic mass is 19.1. The van der Waals surface area contributed by atoms with E-state index < -0.39 is 17.6 Å². The minimum Gasteiger partial charge on any atom is -0.352 e. The Hall–Kier alpha value is -2.71. The Morgan fingerprint density at radius 3 is 2.28 bits per heavy atom. The van der Waals surface area contributed by atoms with Gasteiger partial charge < -0.3 is 20.9 Å². The second-order valence-corrected chi connectivity index (χ2v) is 8.90. The number of nitrogens with zero attached hydrogens (tertiary/aromatic N) is 1. The molecule has 0 bridgehead atoms. The van der Waals surface area contributed by atoms with Crippen LogP contribution >= 0.6 is 0 Å². The van der Waals surface area contributed by atoms with Crippen molar-refractivity contribution in [1.29, 1.82) is 0 Å². The predicted octanol–water partition coefficient (Wildman–Crippen LogP) is 2.84. The van der Waals surface area contributed by atoms with Gasteiger partial charge in [0.1, 0.15) is 11.6 Å². The number of rotatable bonds is 5. The number of nitrogens with one attached hydrogen (secondary N) is 3. The highest BCUT2D eigenvalue weighted by molar-refractivity contribution is 5.85. The molecule has 0 radical (unpaired) electrons. The fourth-order valence-electron chi connectivity index (χ4n) is 4.47. The summed E-state index contributed by atoms with van der Waals surface area (Å²) < 4.78 is 26.7. The largest absolute Gasteiger partial charge is 0.352 e. The molecule has 2 aliphatic rings. The predicted molar refractivity (Wildman–Crippen MR) is 116 cm³/mol. The molecule has 1 aromatic carbocycles. The Labute approximate surface area is 187 Å². The SMILES string of the molecule is CN1CC(NC(=O)NC2CCCC2)CCCC(C(=O)NCc2cc(F)cc(F)c2)CC1=O. The maximum absolute atomic E-state index is 13.3. The quantitative estimate of drug-likeness (QED) is 0.644. The Morgan fingerprint density at radius 2 is 1.59 bits per heavy atom. The monoisotopic (exact) mass is 450 g/mol. The Morgan fingerprint density at radius 1 is 0.969 bits per heavy atom. The first-order valence-corrected chi connectivity index (χ1v) is 11.3. The zero-order valence-electron chi connectivity index (χ0n) is 18.5. The van der Waals surface area contributed by atoms with Crippen LogP contribution in [0.3, 0.4) is 0 Å². The van der Waals surface area contributed by atoms with Gasteiger partial charge in [-0.2, -0.15) is 0 Å². The molecule has 0 aromatic heterocycles. The third-order valence-corrected chi connectivity index (χ3v) is 6.23. The van der Waals surface area contributed by atoms with Crippen LogP contribution in [0, 0.1) is 17.6 Å². The summed E-state index contributed by atoms with van der Waals surface area (Å²) in [4.78, 5) is 39.2. The van der Waals surface area contributed by atoms with E-state index in [-0.39, 0.29) is 42.9 Å². The molecule has 1 aliphatic carbocycles. The van der Waals surface area contributed by atoms with Crippen LogP contribution in [0.25, 0.3) is 0 Å². The molecule has 1 heterocycles. The van der Waals surface area contributed by atoms with Gasteiger partial charge in [0, 0.05) is 50.6 Å². The van der Waals surface area contributed by atoms with E-state index in [9.17, 15) is 23.2 Å². The zero-order chi connectivity index (χ0) is 23.1. The van der Waals surface area contributed by atoms with Crippen LogP contribution in [-0.4, -0.2) is 48.4 Å². The number of urea groups is 1. The topological polar surface area (TPSA) is 90.5 Å². The Kier molecular flexibility index (Phi) is 8.41. The molecular weight excluding hydrogens is 418 g/mol. The van der Waals surface area contributed by atoms with E-state index in [2.05, 4.69) is 16.0 Å². The standard InChI is InChI=1S/C23H32F2N4O3/c1-29-14-20(28-23(32)27-19-6-2-3-7-19)8-4-5-16(11-21(29)30)22(31)26-13-15-9-17(24)12-18(25)10-15/h9-10,12,16,19-20H,2-8,11,13-14H2,1H3,(H,26,31)(H2,27,28,32). The summed E-state index contributed by atoms with van der Waals surface area (Å²) in [6.45, 7) is 0.368. The van der Waals surface area contributed by atoms with Crippen molar-refractivity contribution in [3.05, 3.63) is 35.4 Å². The van der Waals surface area contributed by atoms with Crippen LogP contribution in [0.1, 0.15) is 56.9 Å². The number of carbonyl (C=O) groups is 3. The Balaban J connectivity index is 1.53. The molecule has 9 heteroatoms. The molecule has 3 N–H and O–H groups in total. The minimum absolute atomic E-state index is 0.0143. The molecule has 32 heavy (non-hydrogen) atoms. The average Bonchev–Trinajstić information content (AvgIpc) is 3.23. The molecule has 2 unspecified atom stereocenters. The van der Waals surface area contributed by atoms with Gasteiger partial charge in [0.25, 0.3) is 0 Å². The first-order valence-electron chi connectivity index (χ1n) is 11.3. The van der Waals surface area contributed by atoms with E-state index in [1.165, 1.54) is 12.1 Å². The van der Waals surface area contributed by atoms with Gasteiger partial charge in [-0.25, -0.2) is 13.6 Å². The summed E-state index contributed by atoms with van der Waals surface area (Å²) in [6, 6.07) is 2.92. The second kappa shape index (κ2) is 11.2. The molecule has 176 valence electrons. The fourth-order valence-corrected chi connectivity index (χ4v) is 4.47. The summed E-state index contributed by atoms with van der Waals surface area (Å²) in [5.74, 6) is -2.43. The number of benzene rings is 1. The first-order chi connectivity index (χ1) is 15.3. The highest BCUT2D eigenvalue weighted by Crippen LogP contribution is 2.20. The number of halogens is 2. The average molecular weight is 451 g/mol. The third-order valence-electron chi connectivity index (χ3n) is 6.23. The molecule has 1 saturated heterocycles. The van der Waals surface area contributed by atoms with E-state index in [0.29, 0.717) is 31.4 Å². The van der Waals surface area contributed by atoms with Gasteiger partial charge in [-0.1, -0.05) is 19.3 Å². The van der Waals surface area contributed by atoms with Crippen LogP contribution in [0.4, 0.5) is 13.6 Å². The summed E-state index contributed by atoms with van der Waals surface area (Å²) in [5.41, 5.74) is 0.319. The molecule has 7 nitrogen and oxygen atoms in total. The number of carbonyl (C=O) groups excluding carboxylic acids is 3. The fraction of sp³-hybridized carbons (Fsp3) is 0.609. The van der Waals surface area contributed by atoms with Gasteiger partial charge in [0.2, 0.25) is 11.8 Å². The van der Waals surface area contributed by atoms with Crippen LogP contribution in [-0.2, 0) is 16.1 Å². The van der Waals surface area contributed by atoms with Gasteiger partial charge >= 0.3 is 6.03 Å². The molecule has 1 aromatic rings. The third kappa shape index (κ3) is 7.17. The first kappa shape index (κ1) is 23.9. The molecule has 1 saturated carbocycles. The number of hydrogen-bond donors (Lipinski definition) is 3. The lowest BCUT2D eigenvalue weighted by atomic mass is 9.96. The summed E-state index contributed by atoms with van der Waals surface area (Å²) >= 11 is 0. The highest BCUT2D eigenvalue weighted by Gasteiger charge is 2.28. The maximum atomic E-state index is 13.3. The van der Waals surface area contributed by atoms with Crippen molar-refractivity contribution in [3.63, 3.8) is 0 Å². The van der Waals surface area contributed by atoms with Gasteiger partial charge in [0.05, 0.1) is 0 Å². The molecule has 2 fully saturated rings. The molecular formula is C23H32F2N4O3. The lowest BCUT2D eigenvalue weighted by Gasteiger charge is -2.25. The van der Waals surface area contributed by atoms with Gasteiger partial charge in [-0.15, -0.1) is 0 Å². The van der Waals surface area contributed by atoms with Crippen molar-refractivity contribution < 1.29 is 23.2 Å². The second-order valence-electron chi connectivity index (χ2n) is 8.90. The maximum Gasteiger partial charge on any atom is 0.315 e. The van der Waals surface area contributed by atoms with E-state index >= 15 is 0 Å². The van der Waals surface area contributed by atoms with Crippen LogP contribution < -0.4 is 16.0 Å². The molecule has 3 rings (SSSR count). The van der Waals surface area contributed by atoms with E-state index in [1.54, 1.807) is 11.9 Å². The van der Waals surface area contributed by atoms with Gasteiger partial charge in [0.15, 0.2) is 0 Å². The van der Waals surface area contributed by atoms with Crippen molar-refractivity contribution >= 4 is 17.8 Å². The molecule has 4 amide bonds.